The number of hydrogen-bond donors (Lipinski definition) is 2. The first-order valence-corrected chi connectivity index (χ1v) is 7.13. The number of hydrogen-bond acceptors (Lipinski definition) is 2. The van der Waals surface area contributed by atoms with Gasteiger partial charge in [-0.15, -0.1) is 0 Å². The average molecular weight is 282 g/mol. The largest absolute Gasteiger partial charge is 0.361 e. The van der Waals surface area contributed by atoms with Gasteiger partial charge in [0.1, 0.15) is 0 Å². The number of nitrogens with zero attached hydrogens (tertiary/aromatic N) is 2. The van der Waals surface area contributed by atoms with Crippen molar-refractivity contribution in [3.8, 4) is 0 Å². The van der Waals surface area contributed by atoms with Crippen LogP contribution in [0, 0.1) is 0 Å². The first kappa shape index (κ1) is 13.4. The molecule has 0 bridgehead atoms. The molecule has 0 saturated heterocycles. The highest BCUT2D eigenvalue weighted by atomic mass is 16.1. The van der Waals surface area contributed by atoms with E-state index in [0.717, 1.165) is 18.5 Å². The second kappa shape index (κ2) is 5.83. The van der Waals surface area contributed by atoms with Gasteiger partial charge in [-0.25, -0.2) is 0 Å². The minimum Gasteiger partial charge on any atom is -0.361 e. The van der Waals surface area contributed by atoms with Crippen LogP contribution in [0.5, 0.6) is 0 Å². The van der Waals surface area contributed by atoms with Gasteiger partial charge in [-0.1, -0.05) is 18.2 Å². The second-order valence-corrected chi connectivity index (χ2v) is 4.95. The van der Waals surface area contributed by atoms with Crippen LogP contribution in [0.2, 0.25) is 0 Å². The van der Waals surface area contributed by atoms with Crippen LogP contribution in [0.15, 0.2) is 42.9 Å². The smallest absolute Gasteiger partial charge is 0.254 e. The fraction of sp³-hybridized carbons (Fsp3) is 0.250. The molecule has 0 saturated carbocycles. The van der Waals surface area contributed by atoms with Gasteiger partial charge < -0.3 is 10.3 Å². The Hall–Kier alpha value is -2.56. The lowest BCUT2D eigenvalue weighted by atomic mass is 10.1. The summed E-state index contributed by atoms with van der Waals surface area (Å²) in [6, 6.07) is 8.18. The van der Waals surface area contributed by atoms with Crippen molar-refractivity contribution in [3.05, 3.63) is 54.0 Å². The molecule has 0 spiro atoms. The summed E-state index contributed by atoms with van der Waals surface area (Å²) in [6.07, 6.45) is 6.18. The molecule has 0 radical (unpaired) electrons. The third kappa shape index (κ3) is 2.81. The normalized spacial score (nSPS) is 10.9. The quantitative estimate of drug-likeness (QED) is 0.754. The number of rotatable bonds is 5. The number of benzene rings is 1. The van der Waals surface area contributed by atoms with Crippen molar-refractivity contribution in [3.63, 3.8) is 0 Å². The summed E-state index contributed by atoms with van der Waals surface area (Å²) in [5, 5.41) is 8.25. The van der Waals surface area contributed by atoms with Gasteiger partial charge in [-0.05, 0) is 25.0 Å². The SMILES string of the molecule is CCn1cc(C(=O)NCCc2c[nH]c3ccccc23)cn1. The minimum atomic E-state index is -0.0745. The Morgan fingerprint density at radius 3 is 3.05 bits per heavy atom. The summed E-state index contributed by atoms with van der Waals surface area (Å²) in [5.41, 5.74) is 2.95. The molecule has 0 unspecified atom stereocenters. The Morgan fingerprint density at radius 1 is 1.38 bits per heavy atom. The van der Waals surface area contributed by atoms with Gasteiger partial charge in [0.05, 0.1) is 11.8 Å². The monoisotopic (exact) mass is 282 g/mol. The number of nitrogens with one attached hydrogen (secondary N) is 2. The summed E-state index contributed by atoms with van der Waals surface area (Å²) in [5.74, 6) is -0.0745. The van der Waals surface area contributed by atoms with E-state index in [2.05, 4.69) is 27.5 Å². The van der Waals surface area contributed by atoms with Crippen LogP contribution < -0.4 is 5.32 Å². The van der Waals surface area contributed by atoms with Crippen molar-refractivity contribution in [1.29, 1.82) is 0 Å². The fourth-order valence-electron chi connectivity index (χ4n) is 2.40. The summed E-state index contributed by atoms with van der Waals surface area (Å²) < 4.78 is 1.74. The van der Waals surface area contributed by atoms with Gasteiger partial charge in [0.15, 0.2) is 0 Å². The predicted molar refractivity (Wildman–Crippen MR) is 82.2 cm³/mol. The lowest BCUT2D eigenvalue weighted by Gasteiger charge is -2.03. The molecule has 0 fully saturated rings. The Labute approximate surface area is 123 Å². The molecule has 1 aromatic carbocycles. The number of amides is 1. The van der Waals surface area contributed by atoms with E-state index in [9.17, 15) is 4.79 Å². The molecule has 2 aromatic heterocycles. The maximum Gasteiger partial charge on any atom is 0.254 e. The van der Waals surface area contributed by atoms with Crippen LogP contribution in [0.4, 0.5) is 0 Å². The van der Waals surface area contributed by atoms with E-state index in [1.165, 1.54) is 10.9 Å². The molecule has 21 heavy (non-hydrogen) atoms. The highest BCUT2D eigenvalue weighted by Gasteiger charge is 2.08. The van der Waals surface area contributed by atoms with Gasteiger partial charge in [0.2, 0.25) is 0 Å². The van der Waals surface area contributed by atoms with Crippen LogP contribution in [0.3, 0.4) is 0 Å². The van der Waals surface area contributed by atoms with E-state index in [4.69, 9.17) is 0 Å². The highest BCUT2D eigenvalue weighted by molar-refractivity contribution is 5.93. The molecule has 5 heteroatoms. The van der Waals surface area contributed by atoms with Crippen LogP contribution in [0.25, 0.3) is 10.9 Å². The molecule has 0 aliphatic carbocycles. The Balaban J connectivity index is 1.59. The third-order valence-electron chi connectivity index (χ3n) is 3.57. The number of aromatic nitrogens is 3. The second-order valence-electron chi connectivity index (χ2n) is 4.95. The Morgan fingerprint density at radius 2 is 2.24 bits per heavy atom. The molecular weight excluding hydrogens is 264 g/mol. The molecule has 5 nitrogen and oxygen atoms in total. The summed E-state index contributed by atoms with van der Waals surface area (Å²) >= 11 is 0. The number of para-hydroxylation sites is 1. The van der Waals surface area contributed by atoms with Crippen molar-refractivity contribution < 1.29 is 4.79 Å². The number of aryl methyl sites for hydroxylation is 1. The molecule has 0 aliphatic heterocycles. The number of carbonyl (C=O) groups is 1. The fourth-order valence-corrected chi connectivity index (χ4v) is 2.40. The van der Waals surface area contributed by atoms with Crippen LogP contribution >= 0.6 is 0 Å². The van der Waals surface area contributed by atoms with Gasteiger partial charge >= 0.3 is 0 Å². The zero-order valence-corrected chi connectivity index (χ0v) is 12.0. The Kier molecular flexibility index (Phi) is 3.73. The summed E-state index contributed by atoms with van der Waals surface area (Å²) in [6.45, 7) is 3.37. The molecule has 108 valence electrons. The molecule has 3 rings (SSSR count). The molecule has 3 aromatic rings. The van der Waals surface area contributed by atoms with Gasteiger partial charge in [-0.2, -0.15) is 5.10 Å². The number of H-pyrrole nitrogens is 1. The average Bonchev–Trinajstić information content (AvgIpc) is 3.14. The van der Waals surface area contributed by atoms with Crippen molar-refractivity contribution in [2.45, 2.75) is 19.9 Å². The Bertz CT molecular complexity index is 756. The molecule has 1 amide bonds. The highest BCUT2D eigenvalue weighted by Crippen LogP contribution is 2.17. The van der Waals surface area contributed by atoms with Crippen LogP contribution in [-0.4, -0.2) is 27.2 Å². The predicted octanol–water partition coefficient (Wildman–Crippen LogP) is 2.36. The summed E-state index contributed by atoms with van der Waals surface area (Å²) in [7, 11) is 0. The molecular formula is C16H18N4O. The van der Waals surface area contributed by atoms with E-state index in [0.29, 0.717) is 12.1 Å². The molecule has 0 atom stereocenters. The molecule has 2 heterocycles. The van der Waals surface area contributed by atoms with Crippen LogP contribution in [0.1, 0.15) is 22.8 Å². The third-order valence-corrected chi connectivity index (χ3v) is 3.57. The van der Waals surface area contributed by atoms with Crippen molar-refractivity contribution in [2.24, 2.45) is 0 Å². The minimum absolute atomic E-state index is 0.0745. The van der Waals surface area contributed by atoms with E-state index in [1.807, 2.05) is 25.3 Å². The first-order chi connectivity index (χ1) is 10.3. The maximum atomic E-state index is 12.0. The maximum absolute atomic E-state index is 12.0. The molecule has 0 aliphatic rings. The van der Waals surface area contributed by atoms with Crippen molar-refractivity contribution >= 4 is 16.8 Å². The topological polar surface area (TPSA) is 62.7 Å². The summed E-state index contributed by atoms with van der Waals surface area (Å²) in [4.78, 5) is 15.2. The lowest BCUT2D eigenvalue weighted by molar-refractivity contribution is 0.0954. The van der Waals surface area contributed by atoms with E-state index >= 15 is 0 Å². The van der Waals surface area contributed by atoms with Gasteiger partial charge in [0.25, 0.3) is 5.91 Å². The van der Waals surface area contributed by atoms with Crippen molar-refractivity contribution in [1.82, 2.24) is 20.1 Å². The van der Waals surface area contributed by atoms with Gasteiger partial charge in [0, 0.05) is 36.4 Å². The van der Waals surface area contributed by atoms with Crippen molar-refractivity contribution in [2.75, 3.05) is 6.54 Å². The zero-order valence-electron chi connectivity index (χ0n) is 12.0. The molecule has 2 N–H and O–H groups in total. The zero-order chi connectivity index (χ0) is 14.7. The van der Waals surface area contributed by atoms with E-state index in [-0.39, 0.29) is 5.91 Å². The lowest BCUT2D eigenvalue weighted by Crippen LogP contribution is -2.25. The number of fused-ring (bicyclic) bond motifs is 1. The van der Waals surface area contributed by atoms with E-state index < -0.39 is 0 Å². The van der Waals surface area contributed by atoms with E-state index in [1.54, 1.807) is 17.1 Å². The first-order valence-electron chi connectivity index (χ1n) is 7.13. The van der Waals surface area contributed by atoms with Gasteiger partial charge in [-0.3, -0.25) is 9.48 Å². The van der Waals surface area contributed by atoms with Crippen LogP contribution in [-0.2, 0) is 13.0 Å². The number of aromatic amines is 1. The standard InChI is InChI=1S/C16H18N4O/c1-2-20-11-13(10-19-20)16(21)17-8-7-12-9-18-15-6-4-3-5-14(12)15/h3-6,9-11,18H,2,7-8H2,1H3,(H,17,21). The number of carbonyl (C=O) groups excluding carboxylic acids is 1.